The summed E-state index contributed by atoms with van der Waals surface area (Å²) in [7, 11) is 0. The fourth-order valence-electron chi connectivity index (χ4n) is 3.38. The summed E-state index contributed by atoms with van der Waals surface area (Å²) < 4.78 is 0. The van der Waals surface area contributed by atoms with Crippen molar-refractivity contribution in [3.8, 4) is 0 Å². The van der Waals surface area contributed by atoms with Crippen molar-refractivity contribution in [3.63, 3.8) is 0 Å². The number of hydrogen-bond acceptors (Lipinski definition) is 3. The second kappa shape index (κ2) is 8.73. The molecule has 0 spiro atoms. The summed E-state index contributed by atoms with van der Waals surface area (Å²) in [6.07, 6.45) is 3.12. The third-order valence-electron chi connectivity index (χ3n) is 4.51. The van der Waals surface area contributed by atoms with E-state index >= 15 is 0 Å². The van der Waals surface area contributed by atoms with E-state index in [9.17, 15) is 4.79 Å². The molecule has 2 unspecified atom stereocenters. The van der Waals surface area contributed by atoms with Gasteiger partial charge in [0.2, 0.25) is 5.91 Å². The molecule has 1 aromatic carbocycles. The van der Waals surface area contributed by atoms with Crippen molar-refractivity contribution < 1.29 is 4.79 Å². The third-order valence-corrected chi connectivity index (χ3v) is 4.51. The number of fused-ring (bicyclic) bond motifs is 1. The Morgan fingerprint density at radius 3 is 2.64 bits per heavy atom. The minimum atomic E-state index is -0.412. The number of piperazine rings is 1. The molecule has 22 heavy (non-hydrogen) atoms. The van der Waals surface area contributed by atoms with Crippen LogP contribution in [0.25, 0.3) is 0 Å². The Bertz CT molecular complexity index is 472. The van der Waals surface area contributed by atoms with Crippen molar-refractivity contribution in [2.75, 3.05) is 26.2 Å². The summed E-state index contributed by atoms with van der Waals surface area (Å²) in [6.45, 7) is 3.90. The lowest BCUT2D eigenvalue weighted by Gasteiger charge is -2.38. The van der Waals surface area contributed by atoms with Crippen molar-refractivity contribution in [3.05, 3.63) is 35.9 Å². The van der Waals surface area contributed by atoms with Gasteiger partial charge >= 0.3 is 0 Å². The van der Waals surface area contributed by atoms with Gasteiger partial charge in [-0.15, -0.1) is 24.8 Å². The first-order chi connectivity index (χ1) is 9.74. The summed E-state index contributed by atoms with van der Waals surface area (Å²) in [5.41, 5.74) is 7.24. The van der Waals surface area contributed by atoms with Crippen LogP contribution in [0.1, 0.15) is 18.4 Å². The second-order valence-corrected chi connectivity index (χ2v) is 5.91. The normalized spacial score (nSPS) is 22.2. The quantitative estimate of drug-likeness (QED) is 0.907. The molecule has 2 aliphatic heterocycles. The summed E-state index contributed by atoms with van der Waals surface area (Å²) in [5, 5.41) is 0. The first-order valence-corrected chi connectivity index (χ1v) is 7.56. The maximum absolute atomic E-state index is 12.5. The van der Waals surface area contributed by atoms with Gasteiger partial charge in [0.25, 0.3) is 0 Å². The van der Waals surface area contributed by atoms with Crippen LogP contribution in [0.3, 0.4) is 0 Å². The van der Waals surface area contributed by atoms with Gasteiger partial charge in [0.1, 0.15) is 0 Å². The predicted octanol–water partition coefficient (Wildman–Crippen LogP) is 1.71. The lowest BCUT2D eigenvalue weighted by Crippen LogP contribution is -2.56. The van der Waals surface area contributed by atoms with Crippen LogP contribution in [0.5, 0.6) is 0 Å². The molecule has 2 aliphatic rings. The van der Waals surface area contributed by atoms with E-state index in [1.54, 1.807) is 0 Å². The molecule has 0 aliphatic carbocycles. The Hall–Kier alpha value is -0.810. The molecule has 0 aromatic heterocycles. The van der Waals surface area contributed by atoms with Gasteiger partial charge in [-0.05, 0) is 31.4 Å². The van der Waals surface area contributed by atoms with Crippen LogP contribution in [-0.2, 0) is 11.2 Å². The molecule has 4 nitrogen and oxygen atoms in total. The van der Waals surface area contributed by atoms with E-state index in [1.807, 2.05) is 35.2 Å². The van der Waals surface area contributed by atoms with Crippen LogP contribution in [-0.4, -0.2) is 54.0 Å². The number of amides is 1. The van der Waals surface area contributed by atoms with Gasteiger partial charge in [-0.2, -0.15) is 0 Å². The Morgan fingerprint density at radius 1 is 1.18 bits per heavy atom. The zero-order chi connectivity index (χ0) is 13.9. The number of benzene rings is 1. The minimum Gasteiger partial charge on any atom is -0.338 e. The average Bonchev–Trinajstić information content (AvgIpc) is 2.94. The van der Waals surface area contributed by atoms with Gasteiger partial charge in [0, 0.05) is 25.7 Å². The Labute approximate surface area is 144 Å². The lowest BCUT2D eigenvalue weighted by molar-refractivity contribution is -0.135. The van der Waals surface area contributed by atoms with Crippen molar-refractivity contribution >= 4 is 30.7 Å². The SMILES string of the molecule is Cl.Cl.NC(Cc1ccccc1)C(=O)N1CCN2CCCC2C1. The molecular formula is C16H25Cl2N3O. The highest BCUT2D eigenvalue weighted by Gasteiger charge is 2.33. The maximum atomic E-state index is 12.5. The number of hydrogen-bond donors (Lipinski definition) is 1. The van der Waals surface area contributed by atoms with Gasteiger partial charge in [-0.3, -0.25) is 9.69 Å². The highest BCUT2D eigenvalue weighted by Crippen LogP contribution is 2.21. The molecule has 2 heterocycles. The zero-order valence-electron chi connectivity index (χ0n) is 12.7. The molecule has 0 bridgehead atoms. The molecule has 1 aromatic rings. The van der Waals surface area contributed by atoms with Crippen LogP contribution in [0.4, 0.5) is 0 Å². The molecule has 3 rings (SSSR count). The van der Waals surface area contributed by atoms with Gasteiger partial charge in [0.05, 0.1) is 6.04 Å². The number of rotatable bonds is 3. The second-order valence-electron chi connectivity index (χ2n) is 5.91. The van der Waals surface area contributed by atoms with E-state index in [2.05, 4.69) is 4.90 Å². The van der Waals surface area contributed by atoms with Crippen LogP contribution in [0, 0.1) is 0 Å². The topological polar surface area (TPSA) is 49.6 Å². The van der Waals surface area contributed by atoms with E-state index < -0.39 is 6.04 Å². The van der Waals surface area contributed by atoms with E-state index in [0.29, 0.717) is 12.5 Å². The Balaban J connectivity index is 0.00000121. The molecule has 6 heteroatoms. The van der Waals surface area contributed by atoms with E-state index in [0.717, 1.165) is 25.2 Å². The van der Waals surface area contributed by atoms with Crippen molar-refractivity contribution in [2.24, 2.45) is 5.73 Å². The van der Waals surface area contributed by atoms with E-state index in [4.69, 9.17) is 5.73 Å². The van der Waals surface area contributed by atoms with Gasteiger partial charge in [0.15, 0.2) is 0 Å². The molecule has 0 radical (unpaired) electrons. The number of carbonyl (C=O) groups excluding carboxylic acids is 1. The molecule has 2 N–H and O–H groups in total. The molecule has 1 amide bonds. The Morgan fingerprint density at radius 2 is 1.91 bits per heavy atom. The predicted molar refractivity (Wildman–Crippen MR) is 93.8 cm³/mol. The van der Waals surface area contributed by atoms with Crippen LogP contribution < -0.4 is 5.73 Å². The smallest absolute Gasteiger partial charge is 0.239 e. The van der Waals surface area contributed by atoms with Crippen molar-refractivity contribution in [2.45, 2.75) is 31.3 Å². The number of halogens is 2. The van der Waals surface area contributed by atoms with Gasteiger partial charge in [-0.1, -0.05) is 30.3 Å². The number of nitrogens with zero attached hydrogens (tertiary/aromatic N) is 2. The monoisotopic (exact) mass is 345 g/mol. The van der Waals surface area contributed by atoms with Crippen LogP contribution in [0.2, 0.25) is 0 Å². The third kappa shape index (κ3) is 4.35. The van der Waals surface area contributed by atoms with Crippen LogP contribution in [0.15, 0.2) is 30.3 Å². The molecular weight excluding hydrogens is 321 g/mol. The number of carbonyl (C=O) groups is 1. The van der Waals surface area contributed by atoms with Crippen molar-refractivity contribution in [1.82, 2.24) is 9.80 Å². The molecule has 124 valence electrons. The molecule has 2 saturated heterocycles. The Kier molecular flexibility index (Phi) is 7.63. The molecule has 2 atom stereocenters. The first-order valence-electron chi connectivity index (χ1n) is 7.56. The first kappa shape index (κ1) is 19.2. The van der Waals surface area contributed by atoms with Gasteiger partial charge < -0.3 is 10.6 Å². The number of nitrogens with two attached hydrogens (primary N) is 1. The summed E-state index contributed by atoms with van der Waals surface area (Å²) >= 11 is 0. The van der Waals surface area contributed by atoms with Gasteiger partial charge in [-0.25, -0.2) is 0 Å². The van der Waals surface area contributed by atoms with E-state index in [1.165, 1.54) is 19.4 Å². The summed E-state index contributed by atoms with van der Waals surface area (Å²) in [6, 6.07) is 10.2. The summed E-state index contributed by atoms with van der Waals surface area (Å²) in [5.74, 6) is 0.111. The van der Waals surface area contributed by atoms with E-state index in [-0.39, 0.29) is 30.7 Å². The fourth-order valence-corrected chi connectivity index (χ4v) is 3.38. The highest BCUT2D eigenvalue weighted by molar-refractivity contribution is 5.85. The minimum absolute atomic E-state index is 0. The largest absolute Gasteiger partial charge is 0.338 e. The average molecular weight is 346 g/mol. The fraction of sp³-hybridized carbons (Fsp3) is 0.562. The molecule has 0 saturated carbocycles. The zero-order valence-corrected chi connectivity index (χ0v) is 14.3. The summed E-state index contributed by atoms with van der Waals surface area (Å²) in [4.78, 5) is 17.0. The van der Waals surface area contributed by atoms with Crippen LogP contribution >= 0.6 is 24.8 Å². The maximum Gasteiger partial charge on any atom is 0.239 e. The van der Waals surface area contributed by atoms with Crippen molar-refractivity contribution in [1.29, 1.82) is 0 Å². The molecule has 2 fully saturated rings. The standard InChI is InChI=1S/C16H23N3O.2ClH/c17-15(11-13-5-2-1-3-6-13)16(20)19-10-9-18-8-4-7-14(18)12-19;;/h1-3,5-6,14-15H,4,7-12,17H2;2*1H. The highest BCUT2D eigenvalue weighted by atomic mass is 35.5. The lowest BCUT2D eigenvalue weighted by atomic mass is 10.0.